The molecule has 0 fully saturated rings. The maximum Gasteiger partial charge on any atom is 0.288 e. The van der Waals surface area contributed by atoms with E-state index in [1.807, 2.05) is 6.92 Å². The quantitative estimate of drug-likeness (QED) is 0.619. The Morgan fingerprint density at radius 2 is 2.29 bits per heavy atom. The second kappa shape index (κ2) is 4.39. The van der Waals surface area contributed by atoms with Gasteiger partial charge in [0.2, 0.25) is 0 Å². The van der Waals surface area contributed by atoms with Crippen molar-refractivity contribution >= 4 is 17.3 Å². The third-order valence-electron chi connectivity index (χ3n) is 1.76. The first-order chi connectivity index (χ1) is 6.50. The Labute approximate surface area is 86.8 Å². The summed E-state index contributed by atoms with van der Waals surface area (Å²) in [4.78, 5) is 10.1. The lowest BCUT2D eigenvalue weighted by molar-refractivity contribution is -0.384. The molecule has 0 bridgehead atoms. The molecule has 14 heavy (non-hydrogen) atoms. The van der Waals surface area contributed by atoms with Crippen molar-refractivity contribution in [2.45, 2.75) is 19.4 Å². The fraction of sp³-hybridized carbons (Fsp3) is 0.333. The molecular formula is C9H11ClN2O2. The fourth-order valence-electron chi connectivity index (χ4n) is 1.20. The highest BCUT2D eigenvalue weighted by Gasteiger charge is 2.12. The first-order valence-corrected chi connectivity index (χ1v) is 4.57. The smallest absolute Gasteiger partial charge is 0.288 e. The van der Waals surface area contributed by atoms with E-state index >= 15 is 0 Å². The molecule has 0 radical (unpaired) electrons. The van der Waals surface area contributed by atoms with Gasteiger partial charge in [-0.3, -0.25) is 10.1 Å². The van der Waals surface area contributed by atoms with Gasteiger partial charge in [-0.1, -0.05) is 17.7 Å². The second-order valence-electron chi connectivity index (χ2n) is 3.22. The highest BCUT2D eigenvalue weighted by atomic mass is 35.5. The zero-order valence-corrected chi connectivity index (χ0v) is 8.49. The first kappa shape index (κ1) is 10.9. The van der Waals surface area contributed by atoms with Crippen LogP contribution in [0.1, 0.15) is 12.5 Å². The maximum absolute atomic E-state index is 10.5. The van der Waals surface area contributed by atoms with Gasteiger partial charge in [0.25, 0.3) is 5.69 Å². The van der Waals surface area contributed by atoms with Crippen LogP contribution in [0, 0.1) is 10.1 Å². The van der Waals surface area contributed by atoms with Crippen molar-refractivity contribution in [1.29, 1.82) is 0 Å². The van der Waals surface area contributed by atoms with Crippen LogP contribution in [0.2, 0.25) is 5.02 Å². The molecule has 0 saturated carbocycles. The van der Waals surface area contributed by atoms with Crippen LogP contribution in [0.5, 0.6) is 0 Å². The zero-order valence-electron chi connectivity index (χ0n) is 7.74. The van der Waals surface area contributed by atoms with Crippen molar-refractivity contribution < 1.29 is 4.92 Å². The van der Waals surface area contributed by atoms with Crippen molar-refractivity contribution in [2.75, 3.05) is 0 Å². The zero-order chi connectivity index (χ0) is 10.7. The van der Waals surface area contributed by atoms with Gasteiger partial charge in [-0.15, -0.1) is 0 Å². The lowest BCUT2D eigenvalue weighted by Gasteiger charge is -2.05. The molecule has 1 rings (SSSR count). The molecule has 5 heteroatoms. The summed E-state index contributed by atoms with van der Waals surface area (Å²) < 4.78 is 0. The number of nitro groups is 1. The van der Waals surface area contributed by atoms with Gasteiger partial charge < -0.3 is 5.73 Å². The first-order valence-electron chi connectivity index (χ1n) is 4.19. The minimum atomic E-state index is -0.493. The van der Waals surface area contributed by atoms with Gasteiger partial charge in [-0.2, -0.15) is 0 Å². The molecule has 0 unspecified atom stereocenters. The summed E-state index contributed by atoms with van der Waals surface area (Å²) in [5, 5.41) is 10.7. The summed E-state index contributed by atoms with van der Waals surface area (Å²) in [7, 11) is 0. The molecule has 0 aliphatic rings. The molecule has 1 aromatic carbocycles. The molecule has 1 atom stereocenters. The number of halogens is 1. The summed E-state index contributed by atoms with van der Waals surface area (Å²) in [6, 6.07) is 4.72. The third-order valence-corrected chi connectivity index (χ3v) is 2.08. The third kappa shape index (κ3) is 2.68. The van der Waals surface area contributed by atoms with Crippen LogP contribution in [0.15, 0.2) is 18.2 Å². The van der Waals surface area contributed by atoms with Gasteiger partial charge in [0.15, 0.2) is 0 Å². The van der Waals surface area contributed by atoms with Crippen LogP contribution in [0.4, 0.5) is 5.69 Å². The van der Waals surface area contributed by atoms with E-state index < -0.39 is 4.92 Å². The van der Waals surface area contributed by atoms with Crippen molar-refractivity contribution in [2.24, 2.45) is 5.73 Å². The van der Waals surface area contributed by atoms with E-state index in [1.165, 1.54) is 12.1 Å². The topological polar surface area (TPSA) is 69.2 Å². The number of hydrogen-bond donors (Lipinski definition) is 1. The van der Waals surface area contributed by atoms with E-state index in [4.69, 9.17) is 17.3 Å². The summed E-state index contributed by atoms with van der Waals surface area (Å²) in [6.45, 7) is 1.85. The molecule has 0 spiro atoms. The van der Waals surface area contributed by atoms with Crippen molar-refractivity contribution in [3.63, 3.8) is 0 Å². The number of nitro benzene ring substituents is 1. The summed E-state index contributed by atoms with van der Waals surface area (Å²) in [6.07, 6.45) is 0.609. The molecule has 0 aromatic heterocycles. The molecule has 4 nitrogen and oxygen atoms in total. The molecule has 0 saturated heterocycles. The number of nitrogens with zero attached hydrogens (tertiary/aromatic N) is 1. The Bertz CT molecular complexity index is 353. The van der Waals surface area contributed by atoms with Crippen molar-refractivity contribution in [1.82, 2.24) is 0 Å². The van der Waals surface area contributed by atoms with Gasteiger partial charge in [-0.05, 0) is 25.0 Å². The van der Waals surface area contributed by atoms with Gasteiger partial charge in [-0.25, -0.2) is 0 Å². The average molecular weight is 215 g/mol. The van der Waals surface area contributed by atoms with E-state index in [-0.39, 0.29) is 16.8 Å². The van der Waals surface area contributed by atoms with Gasteiger partial charge in [0.1, 0.15) is 5.02 Å². The van der Waals surface area contributed by atoms with Crippen molar-refractivity contribution in [3.8, 4) is 0 Å². The van der Waals surface area contributed by atoms with Crippen LogP contribution >= 0.6 is 11.6 Å². The van der Waals surface area contributed by atoms with E-state index in [9.17, 15) is 10.1 Å². The van der Waals surface area contributed by atoms with Gasteiger partial charge >= 0.3 is 0 Å². The standard InChI is InChI=1S/C9H11ClN2O2/c1-6(11)4-7-2-3-8(10)9(5-7)12(13)14/h2-3,5-6H,4,11H2,1H3/t6-/m1/s1. The largest absolute Gasteiger partial charge is 0.328 e. The molecule has 0 amide bonds. The Balaban J connectivity index is 3.00. The Kier molecular flexibility index (Phi) is 3.43. The van der Waals surface area contributed by atoms with Crippen molar-refractivity contribution in [3.05, 3.63) is 38.9 Å². The lowest BCUT2D eigenvalue weighted by atomic mass is 10.1. The lowest BCUT2D eigenvalue weighted by Crippen LogP contribution is -2.17. The predicted octanol–water partition coefficient (Wildman–Crippen LogP) is 2.14. The fourth-order valence-corrected chi connectivity index (χ4v) is 1.38. The monoisotopic (exact) mass is 214 g/mol. The second-order valence-corrected chi connectivity index (χ2v) is 3.63. The van der Waals surface area contributed by atoms with Gasteiger partial charge in [0.05, 0.1) is 4.92 Å². The Hall–Kier alpha value is -1.13. The van der Waals surface area contributed by atoms with Crippen LogP contribution < -0.4 is 5.73 Å². The van der Waals surface area contributed by atoms with Crippen LogP contribution in [-0.4, -0.2) is 11.0 Å². The molecule has 1 aromatic rings. The predicted molar refractivity (Wildman–Crippen MR) is 55.5 cm³/mol. The number of nitrogens with two attached hydrogens (primary N) is 1. The summed E-state index contributed by atoms with van der Waals surface area (Å²) in [5.74, 6) is 0. The molecule has 2 N–H and O–H groups in total. The number of hydrogen-bond acceptors (Lipinski definition) is 3. The Morgan fingerprint density at radius 3 is 2.79 bits per heavy atom. The minimum absolute atomic E-state index is 0.0178. The van der Waals surface area contributed by atoms with E-state index in [1.54, 1.807) is 6.07 Å². The summed E-state index contributed by atoms with van der Waals surface area (Å²) in [5.41, 5.74) is 6.35. The normalized spacial score (nSPS) is 12.5. The van der Waals surface area contributed by atoms with E-state index in [0.29, 0.717) is 6.42 Å². The number of rotatable bonds is 3. The van der Waals surface area contributed by atoms with E-state index in [0.717, 1.165) is 5.56 Å². The molecule has 0 aliphatic heterocycles. The van der Waals surface area contributed by atoms with Crippen LogP contribution in [0.25, 0.3) is 0 Å². The highest BCUT2D eigenvalue weighted by Crippen LogP contribution is 2.25. The van der Waals surface area contributed by atoms with Crippen LogP contribution in [0.3, 0.4) is 0 Å². The SMILES string of the molecule is C[C@@H](N)Cc1ccc(Cl)c([N+](=O)[O-])c1. The highest BCUT2D eigenvalue weighted by molar-refractivity contribution is 6.32. The molecule has 76 valence electrons. The van der Waals surface area contributed by atoms with Gasteiger partial charge in [0, 0.05) is 12.1 Å². The average Bonchev–Trinajstić information content (AvgIpc) is 2.07. The molecule has 0 aliphatic carbocycles. The Morgan fingerprint density at radius 1 is 1.64 bits per heavy atom. The molecule has 0 heterocycles. The summed E-state index contributed by atoms with van der Waals surface area (Å²) >= 11 is 5.65. The van der Waals surface area contributed by atoms with Crippen LogP contribution in [-0.2, 0) is 6.42 Å². The number of benzene rings is 1. The minimum Gasteiger partial charge on any atom is -0.328 e. The maximum atomic E-state index is 10.5. The molecular weight excluding hydrogens is 204 g/mol. The van der Waals surface area contributed by atoms with E-state index in [2.05, 4.69) is 0 Å².